The van der Waals surface area contributed by atoms with Crippen LogP contribution in [-0.2, 0) is 23.2 Å². The first-order valence-electron chi connectivity index (χ1n) is 14.4. The minimum absolute atomic E-state index is 0.0419. The molecule has 0 fully saturated rings. The number of amides is 1. The molecule has 4 heterocycles. The van der Waals surface area contributed by atoms with Gasteiger partial charge < -0.3 is 21.1 Å². The van der Waals surface area contributed by atoms with E-state index in [-0.39, 0.29) is 29.4 Å². The molecule has 0 radical (unpaired) electrons. The number of hydrogen-bond donors (Lipinski definition) is 2. The number of carbonyl (C=O) groups is 1. The van der Waals surface area contributed by atoms with Gasteiger partial charge in [0.25, 0.3) is 0 Å². The molecule has 0 aliphatic carbocycles. The van der Waals surface area contributed by atoms with Gasteiger partial charge in [-0.05, 0) is 42.3 Å². The Morgan fingerprint density at radius 1 is 0.933 bits per heavy atom. The van der Waals surface area contributed by atoms with Gasteiger partial charge in [-0.1, -0.05) is 60.7 Å². The highest BCUT2D eigenvalue weighted by atomic mass is 16.5. The SMILES string of the molecule is CCc1ccccc1-n1nncc1CN1C(=O)C2(C(C#N)=C(N)Oc3c(N)cc4nc5ccccc5nc4c32)c2ccccc21. The number of nitrogen functional groups attached to an aromatic ring is 1. The lowest BCUT2D eigenvalue weighted by molar-refractivity contribution is -0.121. The molecule has 0 saturated carbocycles. The predicted molar refractivity (Wildman–Crippen MR) is 168 cm³/mol. The van der Waals surface area contributed by atoms with Crippen LogP contribution in [0, 0.1) is 11.3 Å². The number of nitriles is 1. The zero-order valence-corrected chi connectivity index (χ0v) is 24.1. The van der Waals surface area contributed by atoms with E-state index in [0.717, 1.165) is 17.7 Å². The molecule has 4 N–H and O–H groups in total. The Kier molecular flexibility index (Phi) is 5.63. The Bertz CT molecular complexity index is 2300. The molecule has 2 aliphatic heterocycles. The van der Waals surface area contributed by atoms with Gasteiger partial charge in [0.1, 0.15) is 17.1 Å². The Morgan fingerprint density at radius 2 is 1.64 bits per heavy atom. The number of aryl methyl sites for hydroxylation is 1. The second kappa shape index (κ2) is 9.62. The Labute approximate surface area is 257 Å². The van der Waals surface area contributed by atoms with Crippen LogP contribution < -0.4 is 21.1 Å². The molecule has 1 atom stereocenters. The fourth-order valence-corrected chi connectivity index (χ4v) is 6.67. The Morgan fingerprint density at radius 3 is 2.42 bits per heavy atom. The van der Waals surface area contributed by atoms with Crippen molar-refractivity contribution in [3.63, 3.8) is 0 Å². The third kappa shape index (κ3) is 3.53. The van der Waals surface area contributed by atoms with Gasteiger partial charge in [-0.2, -0.15) is 5.26 Å². The molecule has 0 saturated heterocycles. The summed E-state index contributed by atoms with van der Waals surface area (Å²) >= 11 is 0. The van der Waals surface area contributed by atoms with Gasteiger partial charge in [-0.3, -0.25) is 4.79 Å². The lowest BCUT2D eigenvalue weighted by atomic mass is 9.68. The van der Waals surface area contributed by atoms with Crippen LogP contribution in [0.2, 0.25) is 0 Å². The van der Waals surface area contributed by atoms with E-state index in [9.17, 15) is 5.26 Å². The summed E-state index contributed by atoms with van der Waals surface area (Å²) in [7, 11) is 0. The van der Waals surface area contributed by atoms with Crippen LogP contribution in [0.4, 0.5) is 11.4 Å². The second-order valence-electron chi connectivity index (χ2n) is 11.0. The number of carbonyl (C=O) groups excluding carboxylic acids is 1. The van der Waals surface area contributed by atoms with Gasteiger partial charge in [0, 0.05) is 11.3 Å². The van der Waals surface area contributed by atoms with Crippen LogP contribution >= 0.6 is 0 Å². The molecule has 4 aromatic carbocycles. The van der Waals surface area contributed by atoms with Crippen molar-refractivity contribution in [3.05, 3.63) is 119 Å². The summed E-state index contributed by atoms with van der Waals surface area (Å²) in [4.78, 5) is 26.6. The van der Waals surface area contributed by atoms with Gasteiger partial charge in [0.2, 0.25) is 11.8 Å². The Hall–Kier alpha value is -6.28. The van der Waals surface area contributed by atoms with E-state index in [1.165, 1.54) is 0 Å². The Balaban J connectivity index is 1.40. The summed E-state index contributed by atoms with van der Waals surface area (Å²) in [6.07, 6.45) is 2.44. The van der Waals surface area contributed by atoms with Gasteiger partial charge >= 0.3 is 0 Å². The number of nitrogens with two attached hydrogens (primary N) is 2. The number of aromatic nitrogens is 5. The number of para-hydroxylation sites is 4. The molecule has 2 aliphatic rings. The molecule has 8 rings (SSSR count). The van der Waals surface area contributed by atoms with Crippen molar-refractivity contribution >= 4 is 39.3 Å². The monoisotopic (exact) mass is 591 g/mol. The fraction of sp³-hybridized carbons (Fsp3) is 0.118. The largest absolute Gasteiger partial charge is 0.438 e. The number of nitrogens with zero attached hydrogens (tertiary/aromatic N) is 7. The highest BCUT2D eigenvalue weighted by molar-refractivity contribution is 6.16. The van der Waals surface area contributed by atoms with Crippen LogP contribution in [0.1, 0.15) is 29.3 Å². The number of hydrogen-bond acceptors (Lipinski definition) is 9. The minimum atomic E-state index is -1.70. The molecule has 11 nitrogen and oxygen atoms in total. The van der Waals surface area contributed by atoms with Gasteiger partial charge in [-0.15, -0.1) is 5.10 Å². The maximum absolute atomic E-state index is 15.2. The van der Waals surface area contributed by atoms with Gasteiger partial charge in [0.15, 0.2) is 5.75 Å². The molecule has 1 amide bonds. The van der Waals surface area contributed by atoms with Crippen LogP contribution in [-0.4, -0.2) is 30.9 Å². The third-order valence-corrected chi connectivity index (χ3v) is 8.64. The fourth-order valence-electron chi connectivity index (χ4n) is 6.67. The average Bonchev–Trinajstić information content (AvgIpc) is 3.62. The lowest BCUT2D eigenvalue weighted by Gasteiger charge is -2.35. The number of fused-ring (bicyclic) bond motifs is 7. The number of ether oxygens (including phenoxy) is 1. The summed E-state index contributed by atoms with van der Waals surface area (Å²) in [5, 5.41) is 19.2. The first-order chi connectivity index (χ1) is 22.0. The van der Waals surface area contributed by atoms with E-state index >= 15 is 4.79 Å². The van der Waals surface area contributed by atoms with Crippen molar-refractivity contribution in [3.8, 4) is 17.5 Å². The smallest absolute Gasteiger partial charge is 0.248 e. The van der Waals surface area contributed by atoms with E-state index in [0.29, 0.717) is 44.6 Å². The van der Waals surface area contributed by atoms with Gasteiger partial charge in [0.05, 0.1) is 57.4 Å². The topological polar surface area (TPSA) is 162 Å². The molecule has 1 spiro atoms. The molecule has 6 aromatic rings. The highest BCUT2D eigenvalue weighted by Gasteiger charge is 2.60. The van der Waals surface area contributed by atoms with Crippen molar-refractivity contribution in [2.75, 3.05) is 10.6 Å². The van der Waals surface area contributed by atoms with E-state index in [1.54, 1.807) is 21.8 Å². The zero-order valence-electron chi connectivity index (χ0n) is 24.1. The van der Waals surface area contributed by atoms with Crippen LogP contribution in [0.15, 0.2) is 96.5 Å². The van der Waals surface area contributed by atoms with Crippen molar-refractivity contribution < 1.29 is 9.53 Å². The highest BCUT2D eigenvalue weighted by Crippen LogP contribution is 2.58. The number of benzene rings is 4. The summed E-state index contributed by atoms with van der Waals surface area (Å²) < 4.78 is 7.78. The number of rotatable bonds is 4. The van der Waals surface area contributed by atoms with Crippen LogP contribution in [0.25, 0.3) is 27.8 Å². The summed E-state index contributed by atoms with van der Waals surface area (Å²) in [5.41, 5.74) is 17.8. The zero-order chi connectivity index (χ0) is 30.9. The summed E-state index contributed by atoms with van der Waals surface area (Å²) in [6, 6.07) is 26.6. The molecular formula is C34H25N9O2. The lowest BCUT2D eigenvalue weighted by Crippen LogP contribution is -2.46. The summed E-state index contributed by atoms with van der Waals surface area (Å²) in [6.45, 7) is 2.19. The summed E-state index contributed by atoms with van der Waals surface area (Å²) in [5.74, 6) is -0.415. The maximum Gasteiger partial charge on any atom is 0.248 e. The normalized spacial score (nSPS) is 17.1. The average molecular weight is 592 g/mol. The standard InChI is InChI=1S/C34H25N9O2/c1-2-19-9-3-7-13-27(19)43-20(17-38-41-43)18-42-28-14-8-4-10-21(28)34(33(42)44)22(16-35)32(37)45-31-23(36)15-26-30(29(31)34)40-25-12-6-5-11-24(25)39-26/h3-15,17H,2,18,36-37H2,1H3. The van der Waals surface area contributed by atoms with E-state index in [2.05, 4.69) is 23.3 Å². The molecule has 0 bridgehead atoms. The third-order valence-electron chi connectivity index (χ3n) is 8.64. The molecule has 2 aromatic heterocycles. The second-order valence-corrected chi connectivity index (χ2v) is 11.0. The maximum atomic E-state index is 15.2. The molecule has 1 unspecified atom stereocenters. The first-order valence-corrected chi connectivity index (χ1v) is 14.4. The van der Waals surface area contributed by atoms with E-state index < -0.39 is 11.3 Å². The van der Waals surface area contributed by atoms with Crippen LogP contribution in [0.5, 0.6) is 5.75 Å². The van der Waals surface area contributed by atoms with E-state index in [4.69, 9.17) is 26.2 Å². The molecule has 218 valence electrons. The predicted octanol–water partition coefficient (Wildman–Crippen LogP) is 4.43. The molecular weight excluding hydrogens is 566 g/mol. The van der Waals surface area contributed by atoms with Crippen molar-refractivity contribution in [1.82, 2.24) is 25.0 Å². The first kappa shape index (κ1) is 26.4. The van der Waals surface area contributed by atoms with Crippen molar-refractivity contribution in [1.29, 1.82) is 5.26 Å². The molecule has 45 heavy (non-hydrogen) atoms. The van der Waals surface area contributed by atoms with Crippen LogP contribution in [0.3, 0.4) is 0 Å². The molecule has 11 heteroatoms. The minimum Gasteiger partial charge on any atom is -0.438 e. The van der Waals surface area contributed by atoms with E-state index in [1.807, 2.05) is 72.8 Å². The van der Waals surface area contributed by atoms with Gasteiger partial charge in [-0.25, -0.2) is 14.6 Å². The quantitative estimate of drug-likeness (QED) is 0.223. The van der Waals surface area contributed by atoms with Crippen molar-refractivity contribution in [2.24, 2.45) is 5.73 Å². The van der Waals surface area contributed by atoms with Crippen molar-refractivity contribution in [2.45, 2.75) is 25.3 Å². The number of anilines is 2.